The van der Waals surface area contributed by atoms with Crippen molar-refractivity contribution in [3.05, 3.63) is 10.6 Å². The Hall–Kier alpha value is -0.940. The van der Waals surface area contributed by atoms with E-state index in [1.54, 1.807) is 16.2 Å². The van der Waals surface area contributed by atoms with Gasteiger partial charge in [-0.1, -0.05) is 11.3 Å². The topological polar surface area (TPSA) is 32.9 Å². The summed E-state index contributed by atoms with van der Waals surface area (Å²) in [5.41, 5.74) is 1.31. The molecule has 1 N–H and O–H groups in total. The molecular weight excluding hydrogens is 256 g/mol. The average molecular weight is 279 g/mol. The molecule has 1 saturated heterocycles. The number of quaternary nitrogens is 1. The van der Waals surface area contributed by atoms with E-state index in [9.17, 15) is 0 Å². The standard InChI is InChI=1S/C14H22N4S/c1-2-17-7-9-18(10-8-17)11-15-14-16-12-5-3-4-6-13(12)19-14/h11H,2-10H2,1H3/p+1. The second-order valence-corrected chi connectivity index (χ2v) is 6.52. The lowest BCUT2D eigenvalue weighted by molar-refractivity contribution is -0.902. The van der Waals surface area contributed by atoms with Crippen molar-refractivity contribution in [2.24, 2.45) is 4.99 Å². The Morgan fingerprint density at radius 3 is 2.84 bits per heavy atom. The molecule has 5 heteroatoms. The number of aliphatic imine (C=N–C) groups is 1. The molecule has 0 saturated carbocycles. The van der Waals surface area contributed by atoms with Crippen molar-refractivity contribution in [1.29, 1.82) is 0 Å². The molecule has 3 rings (SSSR count). The molecule has 1 aromatic rings. The molecular formula is C14H23N4S+. The summed E-state index contributed by atoms with van der Waals surface area (Å²) in [6.45, 7) is 8.21. The number of nitrogens with one attached hydrogen (secondary N) is 1. The smallest absolute Gasteiger partial charge is 0.210 e. The maximum Gasteiger partial charge on any atom is 0.210 e. The Morgan fingerprint density at radius 1 is 1.32 bits per heavy atom. The van der Waals surface area contributed by atoms with E-state index in [0.717, 1.165) is 24.6 Å². The van der Waals surface area contributed by atoms with Crippen LogP contribution in [-0.4, -0.2) is 48.9 Å². The number of piperazine rings is 1. The molecule has 19 heavy (non-hydrogen) atoms. The molecule has 1 aliphatic carbocycles. The quantitative estimate of drug-likeness (QED) is 0.659. The van der Waals surface area contributed by atoms with Crippen LogP contribution in [0.2, 0.25) is 0 Å². The molecule has 104 valence electrons. The number of rotatable bonds is 3. The zero-order chi connectivity index (χ0) is 13.1. The fourth-order valence-corrected chi connectivity index (χ4v) is 3.82. The van der Waals surface area contributed by atoms with Gasteiger partial charge in [0.25, 0.3) is 0 Å². The lowest BCUT2D eigenvalue weighted by atomic mass is 10.0. The van der Waals surface area contributed by atoms with Crippen LogP contribution in [0.3, 0.4) is 0 Å². The highest BCUT2D eigenvalue weighted by Gasteiger charge is 2.17. The van der Waals surface area contributed by atoms with Crippen LogP contribution in [0.1, 0.15) is 30.3 Å². The number of thiazole rings is 1. The molecule has 0 aromatic carbocycles. The van der Waals surface area contributed by atoms with Gasteiger partial charge in [-0.15, -0.1) is 0 Å². The van der Waals surface area contributed by atoms with Gasteiger partial charge in [0.15, 0.2) is 0 Å². The van der Waals surface area contributed by atoms with Crippen molar-refractivity contribution in [1.82, 2.24) is 9.88 Å². The van der Waals surface area contributed by atoms with Gasteiger partial charge in [-0.2, -0.15) is 0 Å². The number of aromatic nitrogens is 1. The molecule has 0 atom stereocenters. The fraction of sp³-hybridized carbons (Fsp3) is 0.714. The van der Waals surface area contributed by atoms with Crippen molar-refractivity contribution in [2.45, 2.75) is 32.6 Å². The van der Waals surface area contributed by atoms with Crippen LogP contribution in [0.25, 0.3) is 0 Å². The average Bonchev–Trinajstić information content (AvgIpc) is 2.88. The zero-order valence-corrected chi connectivity index (χ0v) is 12.5. The van der Waals surface area contributed by atoms with Crippen molar-refractivity contribution in [2.75, 3.05) is 32.7 Å². The third-order valence-electron chi connectivity index (χ3n) is 4.17. The second-order valence-electron chi connectivity index (χ2n) is 5.46. The highest BCUT2D eigenvalue weighted by Crippen LogP contribution is 2.30. The monoisotopic (exact) mass is 279 g/mol. The van der Waals surface area contributed by atoms with Crippen molar-refractivity contribution in [3.8, 4) is 0 Å². The summed E-state index contributed by atoms with van der Waals surface area (Å²) in [4.78, 5) is 14.7. The van der Waals surface area contributed by atoms with E-state index in [-0.39, 0.29) is 0 Å². The first kappa shape index (κ1) is 13.1. The molecule has 1 aromatic heterocycles. The van der Waals surface area contributed by atoms with Crippen LogP contribution >= 0.6 is 11.3 Å². The van der Waals surface area contributed by atoms with Crippen molar-refractivity contribution < 1.29 is 4.90 Å². The minimum atomic E-state index is 0.956. The fourth-order valence-electron chi connectivity index (χ4n) is 2.83. The minimum Gasteiger partial charge on any atom is -0.351 e. The Labute approximate surface area is 119 Å². The highest BCUT2D eigenvalue weighted by atomic mass is 32.1. The number of nitrogens with zero attached hydrogens (tertiary/aromatic N) is 3. The van der Waals surface area contributed by atoms with Gasteiger partial charge in [0.05, 0.1) is 44.8 Å². The maximum absolute atomic E-state index is 4.66. The van der Waals surface area contributed by atoms with Crippen molar-refractivity contribution >= 4 is 22.8 Å². The molecule has 0 spiro atoms. The SMILES string of the molecule is CC[NH+]1CCN(C=Nc2nc3c(s2)CCCC3)CC1. The first-order chi connectivity index (χ1) is 9.35. The summed E-state index contributed by atoms with van der Waals surface area (Å²) < 4.78 is 0. The van der Waals surface area contributed by atoms with Gasteiger partial charge in [0.1, 0.15) is 0 Å². The molecule has 1 aliphatic heterocycles. The summed E-state index contributed by atoms with van der Waals surface area (Å²) in [5.74, 6) is 0. The molecule has 4 nitrogen and oxygen atoms in total. The Kier molecular flexibility index (Phi) is 4.13. The van der Waals surface area contributed by atoms with E-state index in [0.29, 0.717) is 0 Å². The van der Waals surface area contributed by atoms with Gasteiger partial charge in [-0.25, -0.2) is 9.98 Å². The van der Waals surface area contributed by atoms with Gasteiger partial charge in [0.2, 0.25) is 5.13 Å². The van der Waals surface area contributed by atoms with E-state index in [2.05, 4.69) is 21.8 Å². The summed E-state index contributed by atoms with van der Waals surface area (Å²) >= 11 is 1.79. The lowest BCUT2D eigenvalue weighted by Crippen LogP contribution is -3.14. The van der Waals surface area contributed by atoms with Gasteiger partial charge < -0.3 is 9.80 Å². The first-order valence-corrected chi connectivity index (χ1v) is 8.27. The summed E-state index contributed by atoms with van der Waals surface area (Å²) in [7, 11) is 0. The van der Waals surface area contributed by atoms with Crippen LogP contribution in [0.15, 0.2) is 4.99 Å². The molecule has 2 aliphatic rings. The molecule has 0 unspecified atom stereocenters. The predicted octanol–water partition coefficient (Wildman–Crippen LogP) is 0.902. The third-order valence-corrected chi connectivity index (χ3v) is 5.24. The van der Waals surface area contributed by atoms with Crippen LogP contribution in [-0.2, 0) is 12.8 Å². The number of aryl methyl sites for hydroxylation is 2. The molecule has 0 amide bonds. The highest BCUT2D eigenvalue weighted by molar-refractivity contribution is 7.15. The van der Waals surface area contributed by atoms with Crippen LogP contribution in [0.5, 0.6) is 0 Å². The van der Waals surface area contributed by atoms with E-state index in [4.69, 9.17) is 0 Å². The van der Waals surface area contributed by atoms with Crippen LogP contribution < -0.4 is 4.90 Å². The second kappa shape index (κ2) is 6.01. The third kappa shape index (κ3) is 3.15. The number of hydrogen-bond acceptors (Lipinski definition) is 3. The normalized spacial score (nSPS) is 21.0. The molecule has 0 bridgehead atoms. The van der Waals surface area contributed by atoms with E-state index in [1.807, 2.05) is 6.34 Å². The Balaban J connectivity index is 1.59. The van der Waals surface area contributed by atoms with Crippen molar-refractivity contribution in [3.63, 3.8) is 0 Å². The number of likely N-dealkylation sites (N-methyl/N-ethyl adjacent to an activating group) is 1. The largest absolute Gasteiger partial charge is 0.351 e. The van der Waals surface area contributed by atoms with Crippen LogP contribution in [0.4, 0.5) is 5.13 Å². The van der Waals surface area contributed by atoms with E-state index >= 15 is 0 Å². The van der Waals surface area contributed by atoms with Gasteiger partial charge in [-0.3, -0.25) is 0 Å². The zero-order valence-electron chi connectivity index (χ0n) is 11.7. The number of hydrogen-bond donors (Lipinski definition) is 1. The predicted molar refractivity (Wildman–Crippen MR) is 79.7 cm³/mol. The summed E-state index contributed by atoms with van der Waals surface area (Å²) in [6, 6.07) is 0. The minimum absolute atomic E-state index is 0.956. The molecule has 2 heterocycles. The van der Waals surface area contributed by atoms with Crippen LogP contribution in [0, 0.1) is 0 Å². The summed E-state index contributed by atoms with van der Waals surface area (Å²) in [5, 5.41) is 0.956. The lowest BCUT2D eigenvalue weighted by Gasteiger charge is -2.29. The Morgan fingerprint density at radius 2 is 2.11 bits per heavy atom. The molecule has 1 fully saturated rings. The molecule has 0 radical (unpaired) electrons. The van der Waals surface area contributed by atoms with E-state index < -0.39 is 0 Å². The maximum atomic E-state index is 4.66. The van der Waals surface area contributed by atoms with Gasteiger partial charge in [-0.05, 0) is 32.6 Å². The van der Waals surface area contributed by atoms with Gasteiger partial charge in [0, 0.05) is 4.88 Å². The number of fused-ring (bicyclic) bond motifs is 1. The van der Waals surface area contributed by atoms with E-state index in [1.165, 1.54) is 49.5 Å². The first-order valence-electron chi connectivity index (χ1n) is 7.45. The summed E-state index contributed by atoms with van der Waals surface area (Å²) in [6.07, 6.45) is 6.99. The Bertz CT molecular complexity index is 423. The van der Waals surface area contributed by atoms with Gasteiger partial charge >= 0.3 is 0 Å².